The third-order valence-electron chi connectivity index (χ3n) is 4.94. The number of carbonyl (C=O) groups is 3. The molecule has 1 aromatic carbocycles. The molecule has 1 fully saturated rings. The van der Waals surface area contributed by atoms with Crippen LogP contribution in [0.4, 0.5) is 5.13 Å². The third kappa shape index (κ3) is 3.42. The Hall–Kier alpha value is -3.72. The van der Waals surface area contributed by atoms with Crippen LogP contribution in [-0.2, 0) is 14.3 Å². The molecule has 8 nitrogen and oxygen atoms in total. The average Bonchev–Trinajstić information content (AvgIpc) is 3.47. The van der Waals surface area contributed by atoms with E-state index in [1.807, 2.05) is 6.92 Å². The molecule has 1 amide bonds. The smallest absolute Gasteiger partial charge is 0.350 e. The number of aromatic nitrogens is 1. The number of hydrogen-bond donors (Lipinski definition) is 1. The Morgan fingerprint density at radius 3 is 2.52 bits per heavy atom. The first-order chi connectivity index (χ1) is 14.8. The molecule has 158 valence electrons. The number of hydrogen-bond acceptors (Lipinski definition) is 8. The van der Waals surface area contributed by atoms with E-state index in [1.165, 1.54) is 13.4 Å². The van der Waals surface area contributed by atoms with E-state index in [0.717, 1.165) is 21.8 Å². The number of ketones is 1. The van der Waals surface area contributed by atoms with Crippen LogP contribution in [0.2, 0.25) is 0 Å². The van der Waals surface area contributed by atoms with Gasteiger partial charge in [-0.25, -0.2) is 9.78 Å². The highest BCUT2D eigenvalue weighted by molar-refractivity contribution is 7.17. The first-order valence-corrected chi connectivity index (χ1v) is 10.1. The lowest BCUT2D eigenvalue weighted by molar-refractivity contribution is -0.132. The Morgan fingerprint density at radius 1 is 1.19 bits per heavy atom. The lowest BCUT2D eigenvalue weighted by Gasteiger charge is -2.20. The van der Waals surface area contributed by atoms with Crippen molar-refractivity contribution in [2.75, 3.05) is 12.0 Å². The molecule has 1 aliphatic heterocycles. The maximum atomic E-state index is 13.0. The van der Waals surface area contributed by atoms with E-state index in [4.69, 9.17) is 9.15 Å². The van der Waals surface area contributed by atoms with Crippen molar-refractivity contribution in [1.29, 1.82) is 0 Å². The summed E-state index contributed by atoms with van der Waals surface area (Å²) >= 11 is 0.929. The Morgan fingerprint density at radius 2 is 1.90 bits per heavy atom. The van der Waals surface area contributed by atoms with Crippen LogP contribution in [0.3, 0.4) is 0 Å². The summed E-state index contributed by atoms with van der Waals surface area (Å²) < 4.78 is 10.3. The van der Waals surface area contributed by atoms with Crippen molar-refractivity contribution < 1.29 is 28.6 Å². The van der Waals surface area contributed by atoms with Crippen LogP contribution in [0.5, 0.6) is 0 Å². The number of carbonyl (C=O) groups excluding carboxylic acids is 3. The molecule has 1 saturated heterocycles. The normalized spacial score (nSPS) is 17.9. The van der Waals surface area contributed by atoms with E-state index in [2.05, 4.69) is 4.98 Å². The molecule has 0 spiro atoms. The molecule has 9 heteroatoms. The Balaban J connectivity index is 1.90. The zero-order chi connectivity index (χ0) is 22.3. The molecule has 0 radical (unpaired) electrons. The van der Waals surface area contributed by atoms with Crippen molar-refractivity contribution in [2.24, 2.45) is 0 Å². The van der Waals surface area contributed by atoms with Gasteiger partial charge in [0, 0.05) is 5.56 Å². The molecule has 1 aliphatic rings. The van der Waals surface area contributed by atoms with E-state index >= 15 is 0 Å². The number of aryl methyl sites for hydroxylation is 2. The number of thiazole rings is 1. The molecule has 3 heterocycles. The number of aliphatic hydroxyl groups excluding tert-OH is 1. The van der Waals surface area contributed by atoms with Gasteiger partial charge in [-0.2, -0.15) is 0 Å². The summed E-state index contributed by atoms with van der Waals surface area (Å²) in [5.41, 5.74) is 1.63. The maximum Gasteiger partial charge on any atom is 0.350 e. The zero-order valence-corrected chi connectivity index (χ0v) is 17.7. The van der Waals surface area contributed by atoms with E-state index in [1.54, 1.807) is 43.3 Å². The van der Waals surface area contributed by atoms with Gasteiger partial charge in [-0.3, -0.25) is 14.5 Å². The molecule has 0 unspecified atom stereocenters. The number of anilines is 1. The first-order valence-electron chi connectivity index (χ1n) is 9.30. The molecule has 0 aliphatic carbocycles. The number of methoxy groups -OCH3 is 1. The van der Waals surface area contributed by atoms with Gasteiger partial charge in [0.1, 0.15) is 22.4 Å². The highest BCUT2D eigenvalue weighted by atomic mass is 32.1. The van der Waals surface area contributed by atoms with Crippen LogP contribution < -0.4 is 4.90 Å². The van der Waals surface area contributed by atoms with Crippen molar-refractivity contribution in [3.63, 3.8) is 0 Å². The van der Waals surface area contributed by atoms with E-state index < -0.39 is 23.7 Å². The van der Waals surface area contributed by atoms with Gasteiger partial charge in [0.05, 0.1) is 24.6 Å². The zero-order valence-electron chi connectivity index (χ0n) is 16.9. The van der Waals surface area contributed by atoms with Crippen molar-refractivity contribution in [1.82, 2.24) is 4.98 Å². The van der Waals surface area contributed by atoms with E-state index in [-0.39, 0.29) is 27.1 Å². The number of amides is 1. The largest absolute Gasteiger partial charge is 0.507 e. The number of furan rings is 1. The quantitative estimate of drug-likeness (QED) is 0.286. The molecule has 1 N–H and O–H groups in total. The minimum atomic E-state index is -1.03. The number of nitrogens with zero attached hydrogens (tertiary/aromatic N) is 2. The van der Waals surface area contributed by atoms with Gasteiger partial charge in [-0.05, 0) is 26.0 Å². The van der Waals surface area contributed by atoms with Crippen LogP contribution in [0.15, 0.2) is 52.7 Å². The predicted molar refractivity (Wildman–Crippen MR) is 113 cm³/mol. The van der Waals surface area contributed by atoms with Gasteiger partial charge in [-0.15, -0.1) is 0 Å². The van der Waals surface area contributed by atoms with E-state index in [0.29, 0.717) is 11.3 Å². The maximum absolute atomic E-state index is 13.0. The highest BCUT2D eigenvalue weighted by Crippen LogP contribution is 2.44. The van der Waals surface area contributed by atoms with Gasteiger partial charge >= 0.3 is 11.9 Å². The van der Waals surface area contributed by atoms with Crippen molar-refractivity contribution in [3.8, 4) is 0 Å². The number of benzene rings is 1. The number of rotatable bonds is 4. The SMILES string of the molecule is COC(=O)c1sc(N2C(=O)C(=O)/C(=C(/O)c3ccc(C)cc3)[C@H]2c2ccco2)nc1C. The van der Waals surface area contributed by atoms with Crippen molar-refractivity contribution in [3.05, 3.63) is 75.7 Å². The van der Waals surface area contributed by atoms with Crippen LogP contribution in [0, 0.1) is 13.8 Å². The summed E-state index contributed by atoms with van der Waals surface area (Å²) in [5, 5.41) is 11.1. The molecule has 4 rings (SSSR count). The average molecular weight is 438 g/mol. The molecular formula is C22H18N2O6S. The number of Topliss-reactive ketones (excluding diaryl/α,β-unsaturated/α-hetero) is 1. The fourth-order valence-electron chi connectivity index (χ4n) is 3.38. The fourth-order valence-corrected chi connectivity index (χ4v) is 4.39. The predicted octanol–water partition coefficient (Wildman–Crippen LogP) is 3.77. The summed E-state index contributed by atoms with van der Waals surface area (Å²) in [6.07, 6.45) is 1.41. The number of ether oxygens (including phenoxy) is 1. The van der Waals surface area contributed by atoms with Crippen LogP contribution >= 0.6 is 11.3 Å². The second-order valence-corrected chi connectivity index (χ2v) is 7.93. The number of aliphatic hydroxyl groups is 1. The molecule has 3 aromatic rings. The Labute approximate surface area is 181 Å². The van der Waals surface area contributed by atoms with Crippen LogP contribution in [0.25, 0.3) is 5.76 Å². The summed E-state index contributed by atoms with van der Waals surface area (Å²) in [6, 6.07) is 9.11. The standard InChI is InChI=1S/C22H18N2O6S/c1-11-6-8-13(9-7-11)17(25)15-16(14-5-4-10-30-14)24(20(27)18(15)26)22-23-12(2)19(31-22)21(28)29-3/h4-10,16,25H,1-3H3/b17-15+/t16-/m1/s1. The Kier molecular flexibility index (Phi) is 5.20. The molecular weight excluding hydrogens is 420 g/mol. The molecule has 0 bridgehead atoms. The van der Waals surface area contributed by atoms with Crippen molar-refractivity contribution in [2.45, 2.75) is 19.9 Å². The fraction of sp³-hybridized carbons (Fsp3) is 0.182. The summed E-state index contributed by atoms with van der Waals surface area (Å²) in [4.78, 5) is 43.7. The second kappa shape index (κ2) is 7.84. The first kappa shape index (κ1) is 20.5. The molecule has 2 aromatic heterocycles. The lowest BCUT2D eigenvalue weighted by Crippen LogP contribution is -2.29. The van der Waals surface area contributed by atoms with Crippen LogP contribution in [-0.4, -0.2) is 34.9 Å². The monoisotopic (exact) mass is 438 g/mol. The van der Waals surface area contributed by atoms with E-state index in [9.17, 15) is 19.5 Å². The van der Waals surface area contributed by atoms with Gasteiger partial charge in [0.15, 0.2) is 5.13 Å². The van der Waals surface area contributed by atoms with Gasteiger partial charge < -0.3 is 14.3 Å². The van der Waals surface area contributed by atoms with Gasteiger partial charge in [0.25, 0.3) is 5.78 Å². The molecule has 0 saturated carbocycles. The Bertz CT molecular complexity index is 1210. The van der Waals surface area contributed by atoms with Crippen molar-refractivity contribution >= 4 is 39.9 Å². The summed E-state index contributed by atoms with van der Waals surface area (Å²) in [7, 11) is 1.25. The van der Waals surface area contributed by atoms with Crippen LogP contribution in [0.1, 0.15) is 38.3 Å². The summed E-state index contributed by atoms with van der Waals surface area (Å²) in [5.74, 6) is -2.37. The highest BCUT2D eigenvalue weighted by Gasteiger charge is 2.49. The van der Waals surface area contributed by atoms with Gasteiger partial charge in [0.2, 0.25) is 0 Å². The molecule has 31 heavy (non-hydrogen) atoms. The lowest BCUT2D eigenvalue weighted by atomic mass is 9.99. The minimum Gasteiger partial charge on any atom is -0.507 e. The topological polar surface area (TPSA) is 110 Å². The number of esters is 1. The molecule has 1 atom stereocenters. The van der Waals surface area contributed by atoms with Gasteiger partial charge in [-0.1, -0.05) is 41.2 Å². The summed E-state index contributed by atoms with van der Waals surface area (Å²) in [6.45, 7) is 3.51. The third-order valence-corrected chi connectivity index (χ3v) is 6.08. The second-order valence-electron chi connectivity index (χ2n) is 6.95. The minimum absolute atomic E-state index is 0.115.